The molecule has 0 aliphatic rings. The Balaban J connectivity index is 2.44. The SMILES string of the molecule is C=CCNC(=NCC(C)Sc1ccccc1)NCC. The molecule has 1 aromatic rings. The molecule has 0 saturated heterocycles. The smallest absolute Gasteiger partial charge is 0.191 e. The van der Waals surface area contributed by atoms with Gasteiger partial charge in [0.15, 0.2) is 5.96 Å². The van der Waals surface area contributed by atoms with E-state index in [1.807, 2.05) is 23.9 Å². The summed E-state index contributed by atoms with van der Waals surface area (Å²) in [6.45, 7) is 10.3. The van der Waals surface area contributed by atoms with E-state index in [4.69, 9.17) is 0 Å². The molecule has 0 spiro atoms. The summed E-state index contributed by atoms with van der Waals surface area (Å²) in [6, 6.07) is 10.4. The van der Waals surface area contributed by atoms with Crippen LogP contribution in [0.5, 0.6) is 0 Å². The Hall–Kier alpha value is -1.42. The molecule has 0 heterocycles. The maximum Gasteiger partial charge on any atom is 0.191 e. The van der Waals surface area contributed by atoms with Crippen molar-refractivity contribution in [1.29, 1.82) is 0 Å². The molecule has 3 nitrogen and oxygen atoms in total. The lowest BCUT2D eigenvalue weighted by atomic mass is 10.4. The molecule has 0 bridgehead atoms. The molecule has 0 aliphatic carbocycles. The maximum absolute atomic E-state index is 4.57. The third kappa shape index (κ3) is 6.91. The van der Waals surface area contributed by atoms with Gasteiger partial charge in [-0.05, 0) is 19.1 Å². The van der Waals surface area contributed by atoms with Crippen molar-refractivity contribution in [1.82, 2.24) is 10.6 Å². The molecule has 1 aromatic carbocycles. The van der Waals surface area contributed by atoms with E-state index in [0.717, 1.165) is 25.6 Å². The third-order valence-corrected chi connectivity index (χ3v) is 3.44. The van der Waals surface area contributed by atoms with Gasteiger partial charge in [-0.2, -0.15) is 0 Å². The lowest BCUT2D eigenvalue weighted by Gasteiger charge is -2.12. The Kier molecular flexibility index (Phi) is 7.82. The predicted octanol–water partition coefficient (Wildman–Crippen LogP) is 2.91. The van der Waals surface area contributed by atoms with E-state index in [2.05, 4.69) is 60.3 Å². The van der Waals surface area contributed by atoms with Gasteiger partial charge >= 0.3 is 0 Å². The molecule has 2 N–H and O–H groups in total. The highest BCUT2D eigenvalue weighted by atomic mass is 32.2. The molecule has 4 heteroatoms. The summed E-state index contributed by atoms with van der Waals surface area (Å²) in [5, 5.41) is 6.87. The molecule has 0 fully saturated rings. The quantitative estimate of drug-likeness (QED) is 0.348. The Labute approximate surface area is 120 Å². The van der Waals surface area contributed by atoms with Crippen molar-refractivity contribution in [2.24, 2.45) is 4.99 Å². The van der Waals surface area contributed by atoms with Gasteiger partial charge in [0.1, 0.15) is 0 Å². The third-order valence-electron chi connectivity index (χ3n) is 2.35. The van der Waals surface area contributed by atoms with E-state index in [0.29, 0.717) is 5.25 Å². The van der Waals surface area contributed by atoms with Crippen LogP contribution in [0.4, 0.5) is 0 Å². The number of rotatable bonds is 7. The number of nitrogens with one attached hydrogen (secondary N) is 2. The lowest BCUT2D eigenvalue weighted by Crippen LogP contribution is -2.37. The fraction of sp³-hybridized carbons (Fsp3) is 0.400. The van der Waals surface area contributed by atoms with Crippen LogP contribution in [0.3, 0.4) is 0 Å². The van der Waals surface area contributed by atoms with E-state index in [-0.39, 0.29) is 0 Å². The van der Waals surface area contributed by atoms with Gasteiger partial charge in [-0.25, -0.2) is 0 Å². The van der Waals surface area contributed by atoms with Gasteiger partial charge in [0.05, 0.1) is 6.54 Å². The summed E-state index contributed by atoms with van der Waals surface area (Å²) < 4.78 is 0. The zero-order valence-corrected chi connectivity index (χ0v) is 12.5. The van der Waals surface area contributed by atoms with Gasteiger partial charge < -0.3 is 10.6 Å². The molecule has 1 unspecified atom stereocenters. The van der Waals surface area contributed by atoms with Gasteiger partial charge in [0.2, 0.25) is 0 Å². The largest absolute Gasteiger partial charge is 0.357 e. The number of aliphatic imine (C=N–C) groups is 1. The van der Waals surface area contributed by atoms with Crippen molar-refractivity contribution in [2.45, 2.75) is 24.0 Å². The zero-order chi connectivity index (χ0) is 13.9. The molecule has 0 aromatic heterocycles. The number of thioether (sulfide) groups is 1. The number of guanidine groups is 1. The molecule has 1 atom stereocenters. The first-order valence-corrected chi connectivity index (χ1v) is 7.49. The standard InChI is InChI=1S/C15H23N3S/c1-4-11-17-15(16-5-2)18-12-13(3)19-14-9-7-6-8-10-14/h4,6-10,13H,1,5,11-12H2,2-3H3,(H2,16,17,18). The highest BCUT2D eigenvalue weighted by Crippen LogP contribution is 2.22. The van der Waals surface area contributed by atoms with Gasteiger partial charge in [-0.3, -0.25) is 4.99 Å². The van der Waals surface area contributed by atoms with Crippen molar-refractivity contribution in [3.8, 4) is 0 Å². The molecule has 0 aliphatic heterocycles. The fourth-order valence-electron chi connectivity index (χ4n) is 1.50. The van der Waals surface area contributed by atoms with Crippen LogP contribution in [0, 0.1) is 0 Å². The summed E-state index contributed by atoms with van der Waals surface area (Å²) >= 11 is 1.84. The minimum Gasteiger partial charge on any atom is -0.357 e. The molecule has 104 valence electrons. The van der Waals surface area contributed by atoms with Crippen LogP contribution in [0.15, 0.2) is 52.9 Å². The fourth-order valence-corrected chi connectivity index (χ4v) is 2.43. The molecule has 0 radical (unpaired) electrons. The summed E-state index contributed by atoms with van der Waals surface area (Å²) in [4.78, 5) is 5.86. The molecular weight excluding hydrogens is 254 g/mol. The molecule has 0 saturated carbocycles. The van der Waals surface area contributed by atoms with E-state index in [9.17, 15) is 0 Å². The minimum absolute atomic E-state index is 0.446. The van der Waals surface area contributed by atoms with E-state index >= 15 is 0 Å². The maximum atomic E-state index is 4.57. The van der Waals surface area contributed by atoms with Crippen LogP contribution in [0.2, 0.25) is 0 Å². The van der Waals surface area contributed by atoms with Crippen LogP contribution in [-0.4, -0.2) is 30.8 Å². The molecule has 19 heavy (non-hydrogen) atoms. The first-order chi connectivity index (χ1) is 9.26. The van der Waals surface area contributed by atoms with Crippen LogP contribution in [0.25, 0.3) is 0 Å². The monoisotopic (exact) mass is 277 g/mol. The van der Waals surface area contributed by atoms with Gasteiger partial charge in [0.25, 0.3) is 0 Å². The highest BCUT2D eigenvalue weighted by Gasteiger charge is 2.04. The average Bonchev–Trinajstić information content (AvgIpc) is 2.43. The average molecular weight is 277 g/mol. The second kappa shape index (κ2) is 9.50. The number of nitrogens with zero attached hydrogens (tertiary/aromatic N) is 1. The highest BCUT2D eigenvalue weighted by molar-refractivity contribution is 8.00. The van der Waals surface area contributed by atoms with Gasteiger partial charge in [-0.15, -0.1) is 18.3 Å². The van der Waals surface area contributed by atoms with Crippen LogP contribution in [-0.2, 0) is 0 Å². The van der Waals surface area contributed by atoms with Crippen molar-refractivity contribution >= 4 is 17.7 Å². The van der Waals surface area contributed by atoms with Crippen LogP contribution >= 0.6 is 11.8 Å². The number of hydrogen-bond donors (Lipinski definition) is 2. The Morgan fingerprint density at radius 3 is 2.74 bits per heavy atom. The summed E-state index contributed by atoms with van der Waals surface area (Å²) in [5.41, 5.74) is 0. The summed E-state index contributed by atoms with van der Waals surface area (Å²) in [6.07, 6.45) is 1.83. The van der Waals surface area contributed by atoms with Crippen LogP contribution < -0.4 is 10.6 Å². The van der Waals surface area contributed by atoms with Gasteiger partial charge in [0, 0.05) is 23.2 Å². The normalized spacial score (nSPS) is 12.8. The first kappa shape index (κ1) is 15.6. The first-order valence-electron chi connectivity index (χ1n) is 6.61. The minimum atomic E-state index is 0.446. The van der Waals surface area contributed by atoms with E-state index in [1.54, 1.807) is 0 Å². The zero-order valence-electron chi connectivity index (χ0n) is 11.7. The second-order valence-corrected chi connectivity index (χ2v) is 5.64. The van der Waals surface area contributed by atoms with Crippen molar-refractivity contribution in [3.63, 3.8) is 0 Å². The molecule has 1 rings (SSSR count). The van der Waals surface area contributed by atoms with E-state index < -0.39 is 0 Å². The van der Waals surface area contributed by atoms with Crippen molar-refractivity contribution in [3.05, 3.63) is 43.0 Å². The molecular formula is C15H23N3S. The summed E-state index contributed by atoms with van der Waals surface area (Å²) in [5.74, 6) is 0.850. The Bertz CT molecular complexity index is 390. The predicted molar refractivity (Wildman–Crippen MR) is 85.9 cm³/mol. The summed E-state index contributed by atoms with van der Waals surface area (Å²) in [7, 11) is 0. The Morgan fingerprint density at radius 2 is 2.11 bits per heavy atom. The van der Waals surface area contributed by atoms with Crippen molar-refractivity contribution < 1.29 is 0 Å². The second-order valence-electron chi connectivity index (χ2n) is 4.13. The number of benzene rings is 1. The lowest BCUT2D eigenvalue weighted by molar-refractivity contribution is 0.848. The van der Waals surface area contributed by atoms with Gasteiger partial charge in [-0.1, -0.05) is 31.2 Å². The van der Waals surface area contributed by atoms with Crippen LogP contribution in [0.1, 0.15) is 13.8 Å². The Morgan fingerprint density at radius 1 is 1.37 bits per heavy atom. The topological polar surface area (TPSA) is 36.4 Å². The number of hydrogen-bond acceptors (Lipinski definition) is 2. The molecule has 0 amide bonds. The van der Waals surface area contributed by atoms with E-state index in [1.165, 1.54) is 4.90 Å². The van der Waals surface area contributed by atoms with Crippen molar-refractivity contribution in [2.75, 3.05) is 19.6 Å².